The van der Waals surface area contributed by atoms with Gasteiger partial charge < -0.3 is 9.88 Å². The van der Waals surface area contributed by atoms with E-state index >= 15 is 0 Å². The van der Waals surface area contributed by atoms with E-state index in [1.807, 2.05) is 23.2 Å². The molecule has 0 saturated carbocycles. The van der Waals surface area contributed by atoms with E-state index in [1.165, 1.54) is 5.56 Å². The van der Waals surface area contributed by atoms with Gasteiger partial charge in [-0.2, -0.15) is 0 Å². The van der Waals surface area contributed by atoms with Gasteiger partial charge in [0.05, 0.1) is 17.7 Å². The SMILES string of the molecule is c1ccc(CCCNc2ccccc2-n2ccnc2)cc1. The summed E-state index contributed by atoms with van der Waals surface area (Å²) in [7, 11) is 0. The standard InChI is InChI=1S/C18H19N3/c1-2-7-16(8-3-1)9-6-12-20-17-10-4-5-11-18(17)21-14-13-19-15-21/h1-5,7-8,10-11,13-15,20H,6,9,12H2. The molecule has 2 aromatic carbocycles. The highest BCUT2D eigenvalue weighted by Crippen LogP contribution is 2.19. The molecule has 21 heavy (non-hydrogen) atoms. The van der Waals surface area contributed by atoms with Crippen LogP contribution in [0.4, 0.5) is 5.69 Å². The molecule has 0 atom stereocenters. The normalized spacial score (nSPS) is 10.5. The van der Waals surface area contributed by atoms with E-state index in [0.29, 0.717) is 0 Å². The van der Waals surface area contributed by atoms with Crippen LogP contribution in [0, 0.1) is 0 Å². The van der Waals surface area contributed by atoms with Crippen molar-refractivity contribution in [1.29, 1.82) is 0 Å². The molecule has 106 valence electrons. The molecule has 0 spiro atoms. The Morgan fingerprint density at radius 1 is 0.952 bits per heavy atom. The number of nitrogens with one attached hydrogen (secondary N) is 1. The van der Waals surface area contributed by atoms with Gasteiger partial charge in [-0.15, -0.1) is 0 Å². The van der Waals surface area contributed by atoms with Crippen LogP contribution in [0.25, 0.3) is 5.69 Å². The van der Waals surface area contributed by atoms with Crippen LogP contribution < -0.4 is 5.32 Å². The maximum Gasteiger partial charge on any atom is 0.0992 e. The van der Waals surface area contributed by atoms with Crippen molar-refractivity contribution in [3.63, 3.8) is 0 Å². The maximum atomic E-state index is 4.11. The van der Waals surface area contributed by atoms with Crippen molar-refractivity contribution in [1.82, 2.24) is 9.55 Å². The van der Waals surface area contributed by atoms with Crippen LogP contribution in [0.1, 0.15) is 12.0 Å². The lowest BCUT2D eigenvalue weighted by atomic mass is 10.1. The summed E-state index contributed by atoms with van der Waals surface area (Å²) in [5.74, 6) is 0. The van der Waals surface area contributed by atoms with Gasteiger partial charge in [-0.05, 0) is 30.5 Å². The Balaban J connectivity index is 1.59. The quantitative estimate of drug-likeness (QED) is 0.692. The molecule has 3 nitrogen and oxygen atoms in total. The first-order valence-corrected chi connectivity index (χ1v) is 7.28. The molecular formula is C18H19N3. The Hall–Kier alpha value is -2.55. The zero-order chi connectivity index (χ0) is 14.3. The maximum absolute atomic E-state index is 4.11. The summed E-state index contributed by atoms with van der Waals surface area (Å²) in [5.41, 5.74) is 3.67. The van der Waals surface area contributed by atoms with Gasteiger partial charge in [-0.25, -0.2) is 4.98 Å². The molecule has 1 N–H and O–H groups in total. The molecule has 0 aliphatic carbocycles. The summed E-state index contributed by atoms with van der Waals surface area (Å²) in [4.78, 5) is 4.11. The first kappa shape index (κ1) is 13.4. The van der Waals surface area contributed by atoms with E-state index in [0.717, 1.165) is 30.8 Å². The van der Waals surface area contributed by atoms with Crippen LogP contribution in [-0.2, 0) is 6.42 Å². The molecule has 0 unspecified atom stereocenters. The van der Waals surface area contributed by atoms with Crippen molar-refractivity contribution in [2.75, 3.05) is 11.9 Å². The molecule has 0 aliphatic heterocycles. The van der Waals surface area contributed by atoms with E-state index in [4.69, 9.17) is 0 Å². The second-order valence-electron chi connectivity index (χ2n) is 5.00. The number of para-hydroxylation sites is 2. The summed E-state index contributed by atoms with van der Waals surface area (Å²) in [6, 6.07) is 18.9. The largest absolute Gasteiger partial charge is 0.383 e. The molecular weight excluding hydrogens is 258 g/mol. The number of hydrogen-bond donors (Lipinski definition) is 1. The highest BCUT2D eigenvalue weighted by Gasteiger charge is 2.02. The highest BCUT2D eigenvalue weighted by molar-refractivity contribution is 5.60. The number of anilines is 1. The fourth-order valence-electron chi connectivity index (χ4n) is 2.41. The Kier molecular flexibility index (Phi) is 4.32. The van der Waals surface area contributed by atoms with Crippen LogP contribution in [0.2, 0.25) is 0 Å². The molecule has 1 aromatic heterocycles. The summed E-state index contributed by atoms with van der Waals surface area (Å²) in [6.45, 7) is 0.959. The number of aryl methyl sites for hydroxylation is 1. The first-order valence-electron chi connectivity index (χ1n) is 7.28. The van der Waals surface area contributed by atoms with Crippen molar-refractivity contribution >= 4 is 5.69 Å². The van der Waals surface area contributed by atoms with Crippen LogP contribution in [0.15, 0.2) is 73.3 Å². The second kappa shape index (κ2) is 6.75. The van der Waals surface area contributed by atoms with Gasteiger partial charge in [0.15, 0.2) is 0 Å². The van der Waals surface area contributed by atoms with E-state index in [2.05, 4.69) is 58.8 Å². The zero-order valence-electron chi connectivity index (χ0n) is 11.9. The Morgan fingerprint density at radius 3 is 2.57 bits per heavy atom. The molecule has 0 radical (unpaired) electrons. The van der Waals surface area contributed by atoms with Gasteiger partial charge in [0.1, 0.15) is 0 Å². The Bertz CT molecular complexity index is 660. The minimum Gasteiger partial charge on any atom is -0.383 e. The van der Waals surface area contributed by atoms with Crippen molar-refractivity contribution < 1.29 is 0 Å². The van der Waals surface area contributed by atoms with Gasteiger partial charge in [0, 0.05) is 18.9 Å². The number of benzene rings is 2. The third-order valence-corrected chi connectivity index (χ3v) is 3.49. The predicted molar refractivity (Wildman–Crippen MR) is 86.8 cm³/mol. The highest BCUT2D eigenvalue weighted by atomic mass is 15.0. The molecule has 0 aliphatic rings. The molecule has 0 fully saturated rings. The molecule has 3 rings (SSSR count). The van der Waals surface area contributed by atoms with Gasteiger partial charge in [-0.3, -0.25) is 0 Å². The Labute approximate surface area is 125 Å². The van der Waals surface area contributed by atoms with Crippen LogP contribution in [-0.4, -0.2) is 16.1 Å². The first-order chi connectivity index (χ1) is 10.4. The molecule has 0 bridgehead atoms. The Morgan fingerprint density at radius 2 is 1.76 bits per heavy atom. The average molecular weight is 277 g/mol. The molecule has 0 amide bonds. The summed E-state index contributed by atoms with van der Waals surface area (Å²) >= 11 is 0. The van der Waals surface area contributed by atoms with Crippen molar-refractivity contribution in [3.05, 3.63) is 78.9 Å². The van der Waals surface area contributed by atoms with E-state index in [1.54, 1.807) is 6.20 Å². The second-order valence-corrected chi connectivity index (χ2v) is 5.00. The van der Waals surface area contributed by atoms with Crippen LogP contribution in [0.5, 0.6) is 0 Å². The van der Waals surface area contributed by atoms with Gasteiger partial charge in [0.25, 0.3) is 0 Å². The van der Waals surface area contributed by atoms with E-state index < -0.39 is 0 Å². The number of aromatic nitrogens is 2. The fraction of sp³-hybridized carbons (Fsp3) is 0.167. The third kappa shape index (κ3) is 3.51. The van der Waals surface area contributed by atoms with E-state index in [-0.39, 0.29) is 0 Å². The van der Waals surface area contributed by atoms with Gasteiger partial charge in [0.2, 0.25) is 0 Å². The van der Waals surface area contributed by atoms with Crippen LogP contribution >= 0.6 is 0 Å². The van der Waals surface area contributed by atoms with E-state index in [9.17, 15) is 0 Å². The predicted octanol–water partition coefficient (Wildman–Crippen LogP) is 3.92. The lowest BCUT2D eigenvalue weighted by Crippen LogP contribution is -2.06. The van der Waals surface area contributed by atoms with Crippen molar-refractivity contribution in [2.24, 2.45) is 0 Å². The smallest absolute Gasteiger partial charge is 0.0992 e. The minimum atomic E-state index is 0.959. The lowest BCUT2D eigenvalue weighted by Gasteiger charge is -2.12. The van der Waals surface area contributed by atoms with Crippen molar-refractivity contribution in [2.45, 2.75) is 12.8 Å². The summed E-state index contributed by atoms with van der Waals surface area (Å²) in [5, 5.41) is 3.52. The molecule has 3 heteroatoms. The third-order valence-electron chi connectivity index (χ3n) is 3.49. The lowest BCUT2D eigenvalue weighted by molar-refractivity contribution is 0.861. The number of rotatable bonds is 6. The number of hydrogen-bond acceptors (Lipinski definition) is 2. The minimum absolute atomic E-state index is 0.959. The molecule has 0 saturated heterocycles. The van der Waals surface area contributed by atoms with Gasteiger partial charge in [-0.1, -0.05) is 42.5 Å². The monoisotopic (exact) mass is 277 g/mol. The topological polar surface area (TPSA) is 29.9 Å². The molecule has 1 heterocycles. The van der Waals surface area contributed by atoms with Crippen molar-refractivity contribution in [3.8, 4) is 5.69 Å². The summed E-state index contributed by atoms with van der Waals surface area (Å²) in [6.07, 6.45) is 7.80. The fourth-order valence-corrected chi connectivity index (χ4v) is 2.41. The number of nitrogens with zero attached hydrogens (tertiary/aromatic N) is 2. The average Bonchev–Trinajstić information content (AvgIpc) is 3.07. The zero-order valence-corrected chi connectivity index (χ0v) is 11.9. The van der Waals surface area contributed by atoms with Gasteiger partial charge >= 0.3 is 0 Å². The van der Waals surface area contributed by atoms with Crippen LogP contribution in [0.3, 0.4) is 0 Å². The number of imidazole rings is 1. The summed E-state index contributed by atoms with van der Waals surface area (Å²) < 4.78 is 2.03. The molecule has 3 aromatic rings.